The summed E-state index contributed by atoms with van der Waals surface area (Å²) in [6.45, 7) is 0. The van der Waals surface area contributed by atoms with E-state index in [1.165, 1.54) is 12.1 Å². The zero-order valence-corrected chi connectivity index (χ0v) is 17.0. The molecule has 0 fully saturated rings. The van der Waals surface area contributed by atoms with Crippen LogP contribution < -0.4 is 11.0 Å². The third-order valence-electron chi connectivity index (χ3n) is 4.64. The van der Waals surface area contributed by atoms with E-state index in [4.69, 9.17) is 11.6 Å². The summed E-state index contributed by atoms with van der Waals surface area (Å²) < 4.78 is 39.4. The summed E-state index contributed by atoms with van der Waals surface area (Å²) in [4.78, 5) is 29.4. The Labute approximate surface area is 184 Å². The van der Waals surface area contributed by atoms with Gasteiger partial charge in [0.1, 0.15) is 11.4 Å². The van der Waals surface area contributed by atoms with E-state index in [0.29, 0.717) is 16.0 Å². The van der Waals surface area contributed by atoms with Gasteiger partial charge in [-0.15, -0.1) is 9.89 Å². The number of benzene rings is 2. The van der Waals surface area contributed by atoms with Crippen molar-refractivity contribution in [2.24, 2.45) is 0 Å². The summed E-state index contributed by atoms with van der Waals surface area (Å²) in [5, 5.41) is 5.20. The molecule has 1 N–H and O–H groups in total. The molecule has 32 heavy (non-hydrogen) atoms. The number of rotatable bonds is 4. The minimum Gasteiger partial charge on any atom is -0.273 e. The van der Waals surface area contributed by atoms with Crippen LogP contribution in [0.15, 0.2) is 71.7 Å². The SMILES string of the molecule is O=C(Cc1ccc(Cl)cc1)Nn1nc(-c2ccnc(C(F)(F)F)c2)c2ccccc2c1=O. The molecule has 0 saturated carbocycles. The van der Waals surface area contributed by atoms with Crippen molar-refractivity contribution in [2.45, 2.75) is 12.6 Å². The minimum absolute atomic E-state index is 0.0546. The molecule has 0 aliphatic heterocycles. The predicted octanol–water partition coefficient (Wildman–Crippen LogP) is 4.44. The van der Waals surface area contributed by atoms with E-state index < -0.39 is 23.3 Å². The summed E-state index contributed by atoms with van der Waals surface area (Å²) in [7, 11) is 0. The second-order valence-electron chi connectivity index (χ2n) is 6.88. The first-order valence-electron chi connectivity index (χ1n) is 9.32. The fourth-order valence-corrected chi connectivity index (χ4v) is 3.28. The second kappa shape index (κ2) is 8.43. The van der Waals surface area contributed by atoms with Crippen LogP contribution >= 0.6 is 11.6 Å². The third-order valence-corrected chi connectivity index (χ3v) is 4.89. The van der Waals surface area contributed by atoms with Crippen molar-refractivity contribution in [3.63, 3.8) is 0 Å². The van der Waals surface area contributed by atoms with Crippen LogP contribution in [0.1, 0.15) is 11.3 Å². The molecule has 6 nitrogen and oxygen atoms in total. The molecule has 2 aromatic carbocycles. The number of aromatic nitrogens is 3. The number of nitrogens with zero attached hydrogens (tertiary/aromatic N) is 3. The van der Waals surface area contributed by atoms with Gasteiger partial charge in [0.05, 0.1) is 11.8 Å². The van der Waals surface area contributed by atoms with E-state index in [0.717, 1.165) is 17.1 Å². The lowest BCUT2D eigenvalue weighted by Gasteiger charge is -2.13. The number of carbonyl (C=O) groups excluding carboxylic acids is 1. The highest BCUT2D eigenvalue weighted by Gasteiger charge is 2.32. The highest BCUT2D eigenvalue weighted by atomic mass is 35.5. The van der Waals surface area contributed by atoms with E-state index in [9.17, 15) is 22.8 Å². The topological polar surface area (TPSA) is 76.9 Å². The molecule has 0 aliphatic carbocycles. The lowest BCUT2D eigenvalue weighted by Crippen LogP contribution is -2.36. The maximum atomic E-state index is 13.1. The van der Waals surface area contributed by atoms with Crippen molar-refractivity contribution in [3.05, 3.63) is 93.5 Å². The van der Waals surface area contributed by atoms with Crippen LogP contribution in [-0.2, 0) is 17.4 Å². The molecule has 4 aromatic rings. The molecular weight excluding hydrogens is 445 g/mol. The van der Waals surface area contributed by atoms with E-state index in [-0.39, 0.29) is 23.1 Å². The zero-order valence-electron chi connectivity index (χ0n) is 16.2. The molecule has 0 saturated heterocycles. The molecule has 1 amide bonds. The van der Waals surface area contributed by atoms with Crippen molar-refractivity contribution in [3.8, 4) is 11.3 Å². The predicted molar refractivity (Wildman–Crippen MR) is 114 cm³/mol. The molecule has 0 atom stereocenters. The maximum absolute atomic E-state index is 13.1. The highest BCUT2D eigenvalue weighted by Crippen LogP contribution is 2.31. The molecule has 0 aliphatic rings. The van der Waals surface area contributed by atoms with Crippen molar-refractivity contribution < 1.29 is 18.0 Å². The van der Waals surface area contributed by atoms with Gasteiger partial charge < -0.3 is 0 Å². The summed E-state index contributed by atoms with van der Waals surface area (Å²) in [5.41, 5.74) is 1.55. The average Bonchev–Trinajstić information content (AvgIpc) is 2.77. The van der Waals surface area contributed by atoms with Gasteiger partial charge in [0.15, 0.2) is 0 Å². The highest BCUT2D eigenvalue weighted by molar-refractivity contribution is 6.30. The van der Waals surface area contributed by atoms with Gasteiger partial charge in [-0.3, -0.25) is 14.6 Å². The van der Waals surface area contributed by atoms with Crippen LogP contribution in [0.4, 0.5) is 13.2 Å². The lowest BCUT2D eigenvalue weighted by molar-refractivity contribution is -0.141. The van der Waals surface area contributed by atoms with Crippen molar-refractivity contribution in [1.29, 1.82) is 0 Å². The summed E-state index contributed by atoms with van der Waals surface area (Å²) in [6.07, 6.45) is -3.68. The number of pyridine rings is 1. The van der Waals surface area contributed by atoms with Gasteiger partial charge in [-0.05, 0) is 35.9 Å². The quantitative estimate of drug-likeness (QED) is 0.490. The number of nitrogens with one attached hydrogen (secondary N) is 1. The number of hydrogen-bond acceptors (Lipinski definition) is 4. The molecule has 2 heterocycles. The number of carbonyl (C=O) groups is 1. The van der Waals surface area contributed by atoms with Crippen molar-refractivity contribution >= 4 is 28.3 Å². The number of alkyl halides is 3. The van der Waals surface area contributed by atoms with Crippen LogP contribution in [0.5, 0.6) is 0 Å². The van der Waals surface area contributed by atoms with E-state index in [1.807, 2.05) is 0 Å². The van der Waals surface area contributed by atoms with Gasteiger partial charge in [0.2, 0.25) is 5.91 Å². The maximum Gasteiger partial charge on any atom is 0.433 e. The molecule has 162 valence electrons. The Balaban J connectivity index is 1.76. The molecule has 2 aromatic heterocycles. The molecule has 0 unspecified atom stereocenters. The molecule has 10 heteroatoms. The lowest BCUT2D eigenvalue weighted by atomic mass is 10.1. The van der Waals surface area contributed by atoms with E-state index >= 15 is 0 Å². The molecular formula is C22H14ClF3N4O2. The van der Waals surface area contributed by atoms with Crippen LogP contribution in [-0.4, -0.2) is 20.8 Å². The van der Waals surface area contributed by atoms with Crippen molar-refractivity contribution in [2.75, 3.05) is 5.43 Å². The van der Waals surface area contributed by atoms with Crippen LogP contribution in [0, 0.1) is 0 Å². The molecule has 4 rings (SSSR count). The fraction of sp³-hybridized carbons (Fsp3) is 0.0909. The number of halogens is 4. The summed E-state index contributed by atoms with van der Waals surface area (Å²) in [5.74, 6) is -0.533. The van der Waals surface area contributed by atoms with Crippen LogP contribution in [0.2, 0.25) is 5.02 Å². The first kappa shape index (κ1) is 21.5. The van der Waals surface area contributed by atoms with E-state index in [1.54, 1.807) is 42.5 Å². The number of amides is 1. The second-order valence-corrected chi connectivity index (χ2v) is 7.31. The third kappa shape index (κ3) is 4.47. The van der Waals surface area contributed by atoms with Gasteiger partial charge in [0.25, 0.3) is 5.56 Å². The van der Waals surface area contributed by atoms with Gasteiger partial charge >= 0.3 is 6.18 Å². The van der Waals surface area contributed by atoms with Gasteiger partial charge in [-0.2, -0.15) is 13.2 Å². The standard InChI is InChI=1S/C22H14ClF3N4O2/c23-15-7-5-13(6-8-15)11-19(31)28-30-21(32)17-4-2-1-3-16(17)20(29-30)14-9-10-27-18(12-14)22(24,25)26/h1-10,12H,11H2,(H,28,31). The Hall–Kier alpha value is -3.72. The minimum atomic E-state index is -4.65. The Kier molecular flexibility index (Phi) is 5.67. The Morgan fingerprint density at radius 1 is 1.03 bits per heavy atom. The van der Waals surface area contributed by atoms with Crippen LogP contribution in [0.3, 0.4) is 0 Å². The monoisotopic (exact) mass is 458 g/mol. The van der Waals surface area contributed by atoms with Gasteiger partial charge in [-0.25, -0.2) is 5.43 Å². The Morgan fingerprint density at radius 2 is 1.72 bits per heavy atom. The summed E-state index contributed by atoms with van der Waals surface area (Å²) >= 11 is 5.84. The van der Waals surface area contributed by atoms with Gasteiger partial charge in [-0.1, -0.05) is 41.9 Å². The summed E-state index contributed by atoms with van der Waals surface area (Å²) in [6, 6.07) is 15.1. The molecule has 0 radical (unpaired) electrons. The smallest absolute Gasteiger partial charge is 0.273 e. The Morgan fingerprint density at radius 3 is 2.41 bits per heavy atom. The largest absolute Gasteiger partial charge is 0.433 e. The van der Waals surface area contributed by atoms with Gasteiger partial charge in [0, 0.05) is 22.2 Å². The van der Waals surface area contributed by atoms with Crippen LogP contribution in [0.25, 0.3) is 22.0 Å². The first-order chi connectivity index (χ1) is 15.2. The van der Waals surface area contributed by atoms with E-state index in [2.05, 4.69) is 15.5 Å². The molecule has 0 spiro atoms. The first-order valence-corrected chi connectivity index (χ1v) is 9.70. The molecule has 0 bridgehead atoms. The normalized spacial score (nSPS) is 11.5. The number of hydrogen-bond donors (Lipinski definition) is 1. The Bertz CT molecular complexity index is 1370. The fourth-order valence-electron chi connectivity index (χ4n) is 3.16. The average molecular weight is 459 g/mol. The number of fused-ring (bicyclic) bond motifs is 1. The zero-order chi connectivity index (χ0) is 22.9. The van der Waals surface area contributed by atoms with Crippen molar-refractivity contribution in [1.82, 2.24) is 14.9 Å².